The van der Waals surface area contributed by atoms with Gasteiger partial charge >= 0.3 is 11.9 Å². The van der Waals surface area contributed by atoms with Crippen LogP contribution < -0.4 is 0 Å². The van der Waals surface area contributed by atoms with Gasteiger partial charge in [-0.05, 0) is 72.6 Å². The van der Waals surface area contributed by atoms with Gasteiger partial charge in [0, 0.05) is 0 Å². The molecule has 2 aliphatic rings. The number of esters is 2. The zero-order chi connectivity index (χ0) is 16.0. The minimum absolute atomic E-state index is 0.160. The first-order chi connectivity index (χ1) is 9.48. The van der Waals surface area contributed by atoms with Gasteiger partial charge in [0.25, 0.3) is 0 Å². The molecule has 2 aliphatic carbocycles. The van der Waals surface area contributed by atoms with E-state index in [0.717, 1.165) is 19.3 Å². The average molecular weight is 294 g/mol. The Labute approximate surface area is 126 Å². The lowest BCUT2D eigenvalue weighted by atomic mass is 9.91. The summed E-state index contributed by atoms with van der Waals surface area (Å²) < 4.78 is 11.0. The highest BCUT2D eigenvalue weighted by Crippen LogP contribution is 2.49. The lowest BCUT2D eigenvalue weighted by molar-refractivity contribution is -0.154. The smallest absolute Gasteiger partial charge is 0.335 e. The number of carbonyl (C=O) groups is 2. The molecule has 0 N–H and O–H groups in total. The van der Waals surface area contributed by atoms with Crippen LogP contribution in [-0.4, -0.2) is 23.1 Å². The molecule has 0 aliphatic heterocycles. The zero-order valence-electron chi connectivity index (χ0n) is 13.9. The first kappa shape index (κ1) is 16.1. The molecular weight excluding hydrogens is 268 g/mol. The van der Waals surface area contributed by atoms with Crippen molar-refractivity contribution in [1.29, 1.82) is 0 Å². The first-order valence-corrected chi connectivity index (χ1v) is 7.69. The molecule has 0 aromatic heterocycles. The Morgan fingerprint density at radius 1 is 0.810 bits per heavy atom. The fourth-order valence-corrected chi connectivity index (χ4v) is 3.17. The van der Waals surface area contributed by atoms with Crippen LogP contribution in [0.5, 0.6) is 0 Å². The van der Waals surface area contributed by atoms with Gasteiger partial charge in [0.2, 0.25) is 0 Å². The van der Waals surface area contributed by atoms with Gasteiger partial charge in [0.05, 0.1) is 11.1 Å². The third-order valence-corrected chi connectivity index (χ3v) is 3.78. The molecule has 1 saturated carbocycles. The minimum Gasteiger partial charge on any atom is -0.457 e. The number of carbonyl (C=O) groups excluding carboxylic acids is 2. The molecule has 0 saturated heterocycles. The molecule has 4 nitrogen and oxygen atoms in total. The second-order valence-corrected chi connectivity index (χ2v) is 8.04. The summed E-state index contributed by atoms with van der Waals surface area (Å²) in [6.07, 6.45) is 2.81. The summed E-state index contributed by atoms with van der Waals surface area (Å²) in [4.78, 5) is 24.9. The van der Waals surface area contributed by atoms with E-state index < -0.39 is 11.2 Å². The molecular formula is C17H26O4. The maximum atomic E-state index is 12.4. The Bertz CT molecular complexity index is 444. The molecule has 21 heavy (non-hydrogen) atoms. The number of fused-ring (bicyclic) bond motifs is 2. The molecule has 0 aromatic carbocycles. The van der Waals surface area contributed by atoms with Gasteiger partial charge in [-0.25, -0.2) is 9.59 Å². The van der Waals surface area contributed by atoms with Crippen molar-refractivity contribution in [2.45, 2.75) is 72.0 Å². The Kier molecular flexibility index (Phi) is 3.94. The van der Waals surface area contributed by atoms with E-state index in [0.29, 0.717) is 11.1 Å². The van der Waals surface area contributed by atoms with Gasteiger partial charge in [-0.2, -0.15) is 0 Å². The standard InChI is InChI=1S/C17H26O4/c1-16(2,3)20-14(18)12-10-7-8-11(9-10)13(12)15(19)21-17(4,5)6/h10-11H,7-9H2,1-6H3. The summed E-state index contributed by atoms with van der Waals surface area (Å²) >= 11 is 0. The van der Waals surface area contributed by atoms with Gasteiger partial charge in [0.1, 0.15) is 11.2 Å². The lowest BCUT2D eigenvalue weighted by Gasteiger charge is -2.25. The molecule has 0 spiro atoms. The van der Waals surface area contributed by atoms with Crippen molar-refractivity contribution < 1.29 is 19.1 Å². The third kappa shape index (κ3) is 3.66. The van der Waals surface area contributed by atoms with E-state index in [1.54, 1.807) is 0 Å². The van der Waals surface area contributed by atoms with Crippen molar-refractivity contribution in [3.63, 3.8) is 0 Å². The van der Waals surface area contributed by atoms with Gasteiger partial charge in [-0.1, -0.05) is 0 Å². The van der Waals surface area contributed by atoms with Gasteiger partial charge < -0.3 is 9.47 Å². The topological polar surface area (TPSA) is 52.6 Å². The fourth-order valence-electron chi connectivity index (χ4n) is 3.17. The van der Waals surface area contributed by atoms with Crippen LogP contribution >= 0.6 is 0 Å². The molecule has 2 atom stereocenters. The third-order valence-electron chi connectivity index (χ3n) is 3.78. The zero-order valence-corrected chi connectivity index (χ0v) is 13.9. The van der Waals surface area contributed by atoms with Crippen molar-refractivity contribution in [3.8, 4) is 0 Å². The molecule has 0 heterocycles. The molecule has 0 amide bonds. The normalized spacial score (nSPS) is 25.2. The first-order valence-electron chi connectivity index (χ1n) is 7.69. The van der Waals surface area contributed by atoms with Gasteiger partial charge in [-0.15, -0.1) is 0 Å². The van der Waals surface area contributed by atoms with E-state index in [2.05, 4.69) is 0 Å². The highest BCUT2D eigenvalue weighted by atomic mass is 16.6. The van der Waals surface area contributed by atoms with E-state index in [4.69, 9.17) is 9.47 Å². The second kappa shape index (κ2) is 5.15. The number of rotatable bonds is 2. The molecule has 0 radical (unpaired) electrons. The largest absolute Gasteiger partial charge is 0.457 e. The molecule has 0 aromatic rings. The van der Waals surface area contributed by atoms with Crippen LogP contribution in [-0.2, 0) is 19.1 Å². The van der Waals surface area contributed by atoms with Crippen molar-refractivity contribution in [1.82, 2.24) is 0 Å². The molecule has 4 heteroatoms. The van der Waals surface area contributed by atoms with Crippen molar-refractivity contribution in [3.05, 3.63) is 11.1 Å². The van der Waals surface area contributed by atoms with E-state index in [1.807, 2.05) is 41.5 Å². The summed E-state index contributed by atoms with van der Waals surface area (Å²) in [5.74, 6) is -0.383. The summed E-state index contributed by atoms with van der Waals surface area (Å²) in [6, 6.07) is 0. The van der Waals surface area contributed by atoms with E-state index >= 15 is 0 Å². The van der Waals surface area contributed by atoms with Crippen LogP contribution in [0.2, 0.25) is 0 Å². The second-order valence-electron chi connectivity index (χ2n) is 8.04. The number of ether oxygens (including phenoxy) is 2. The van der Waals surface area contributed by atoms with E-state index in [-0.39, 0.29) is 23.8 Å². The SMILES string of the molecule is CC(C)(C)OC(=O)C1=C(C(=O)OC(C)(C)C)C2CCC1C2. The highest BCUT2D eigenvalue weighted by Gasteiger charge is 2.47. The summed E-state index contributed by atoms with van der Waals surface area (Å²) in [7, 11) is 0. The van der Waals surface area contributed by atoms with Crippen LogP contribution in [0.4, 0.5) is 0 Å². The quantitative estimate of drug-likeness (QED) is 0.732. The number of hydrogen-bond donors (Lipinski definition) is 0. The van der Waals surface area contributed by atoms with Crippen molar-refractivity contribution in [2.75, 3.05) is 0 Å². The van der Waals surface area contributed by atoms with Gasteiger partial charge in [-0.3, -0.25) is 0 Å². The molecule has 1 fully saturated rings. The summed E-state index contributed by atoms with van der Waals surface area (Å²) in [5, 5.41) is 0. The fraction of sp³-hybridized carbons (Fsp3) is 0.765. The summed E-state index contributed by atoms with van der Waals surface area (Å²) in [5.41, 5.74) is 0.0291. The molecule has 2 unspecified atom stereocenters. The van der Waals surface area contributed by atoms with Crippen molar-refractivity contribution in [2.24, 2.45) is 11.8 Å². The molecule has 2 bridgehead atoms. The molecule has 118 valence electrons. The van der Waals surface area contributed by atoms with E-state index in [1.165, 1.54) is 0 Å². The molecule has 2 rings (SSSR count). The maximum absolute atomic E-state index is 12.4. The predicted octanol–water partition coefficient (Wildman–Crippen LogP) is 3.40. The number of hydrogen-bond acceptors (Lipinski definition) is 4. The Morgan fingerprint density at radius 3 is 1.43 bits per heavy atom. The van der Waals surface area contributed by atoms with E-state index in [9.17, 15) is 9.59 Å². The monoisotopic (exact) mass is 294 g/mol. The Hall–Kier alpha value is -1.32. The van der Waals surface area contributed by atoms with Crippen LogP contribution in [0.25, 0.3) is 0 Å². The maximum Gasteiger partial charge on any atom is 0.335 e. The van der Waals surface area contributed by atoms with Crippen LogP contribution in [0.3, 0.4) is 0 Å². The van der Waals surface area contributed by atoms with Crippen LogP contribution in [0, 0.1) is 11.8 Å². The minimum atomic E-state index is -0.551. The predicted molar refractivity (Wildman–Crippen MR) is 79.5 cm³/mol. The van der Waals surface area contributed by atoms with Gasteiger partial charge in [0.15, 0.2) is 0 Å². The Morgan fingerprint density at radius 2 is 1.14 bits per heavy atom. The van der Waals surface area contributed by atoms with Crippen molar-refractivity contribution >= 4 is 11.9 Å². The average Bonchev–Trinajstić information content (AvgIpc) is 2.82. The Balaban J connectivity index is 2.29. The van der Waals surface area contributed by atoms with Crippen LogP contribution in [0.1, 0.15) is 60.8 Å². The van der Waals surface area contributed by atoms with Crippen LogP contribution in [0.15, 0.2) is 11.1 Å². The lowest BCUT2D eigenvalue weighted by Crippen LogP contribution is -2.30. The highest BCUT2D eigenvalue weighted by molar-refractivity contribution is 6.02. The summed E-state index contributed by atoms with van der Waals surface area (Å²) in [6.45, 7) is 11.0.